The van der Waals surface area contributed by atoms with Gasteiger partial charge in [0, 0.05) is 16.1 Å². The molecule has 9 heteroatoms. The van der Waals surface area contributed by atoms with E-state index in [1.807, 2.05) is 18.2 Å². The molecule has 0 spiro atoms. The molecule has 0 saturated heterocycles. The van der Waals surface area contributed by atoms with Crippen LogP contribution in [0.25, 0.3) is 28.2 Å². The highest BCUT2D eigenvalue weighted by atomic mass is 35.5. The van der Waals surface area contributed by atoms with Crippen LogP contribution in [0.15, 0.2) is 83.8 Å². The van der Waals surface area contributed by atoms with Gasteiger partial charge >= 0.3 is 5.97 Å². The number of carbonyl (C=O) groups excluding carboxylic acids is 1. The van der Waals surface area contributed by atoms with Gasteiger partial charge in [-0.1, -0.05) is 35.9 Å². The predicted octanol–water partition coefficient (Wildman–Crippen LogP) is 4.29. The number of aromatic nitrogens is 2. The van der Waals surface area contributed by atoms with E-state index >= 15 is 0 Å². The summed E-state index contributed by atoms with van der Waals surface area (Å²) in [6, 6.07) is 22.2. The summed E-state index contributed by atoms with van der Waals surface area (Å²) in [5.74, 6) is -0.425. The van der Waals surface area contributed by atoms with Crippen molar-refractivity contribution < 1.29 is 17.9 Å². The molecule has 0 aliphatic heterocycles. The number of nitrogens with zero attached hydrogens (tertiary/aromatic N) is 2. The highest BCUT2D eigenvalue weighted by Gasteiger charge is 2.15. The Balaban J connectivity index is 1.84. The number of ether oxygens (including phenoxy) is 1. The largest absolute Gasteiger partial charge is 0.465 e. The third-order valence-corrected chi connectivity index (χ3v) is 6.04. The lowest BCUT2D eigenvalue weighted by Crippen LogP contribution is -2.12. The Morgan fingerprint density at radius 1 is 0.938 bits per heavy atom. The molecule has 0 aliphatic rings. The van der Waals surface area contributed by atoms with Crippen molar-refractivity contribution in [2.45, 2.75) is 4.90 Å². The maximum absolute atomic E-state index is 11.8. The van der Waals surface area contributed by atoms with Crippen molar-refractivity contribution in [3.05, 3.63) is 89.4 Å². The second-order valence-electron chi connectivity index (χ2n) is 6.94. The van der Waals surface area contributed by atoms with Crippen molar-refractivity contribution in [2.75, 3.05) is 7.11 Å². The smallest absolute Gasteiger partial charge is 0.337 e. The second-order valence-corrected chi connectivity index (χ2v) is 8.94. The van der Waals surface area contributed by atoms with Gasteiger partial charge in [-0.3, -0.25) is 0 Å². The molecule has 0 bridgehead atoms. The van der Waals surface area contributed by atoms with E-state index in [9.17, 15) is 13.2 Å². The van der Waals surface area contributed by atoms with Crippen LogP contribution in [0.1, 0.15) is 10.4 Å². The number of primary sulfonamides is 1. The van der Waals surface area contributed by atoms with E-state index in [4.69, 9.17) is 26.6 Å². The minimum absolute atomic E-state index is 0.00955. The summed E-state index contributed by atoms with van der Waals surface area (Å²) in [7, 11) is -2.48. The number of hydrogen-bond donors (Lipinski definition) is 1. The van der Waals surface area contributed by atoms with Crippen molar-refractivity contribution in [2.24, 2.45) is 5.14 Å². The molecule has 1 aromatic heterocycles. The molecule has 0 saturated carbocycles. The van der Waals surface area contributed by atoms with Crippen molar-refractivity contribution in [1.82, 2.24) is 9.78 Å². The van der Waals surface area contributed by atoms with Gasteiger partial charge in [-0.15, -0.1) is 0 Å². The minimum Gasteiger partial charge on any atom is -0.465 e. The number of hydrogen-bond acceptors (Lipinski definition) is 5. The summed E-state index contributed by atoms with van der Waals surface area (Å²) < 4.78 is 29.7. The van der Waals surface area contributed by atoms with Crippen molar-refractivity contribution in [1.29, 1.82) is 0 Å². The summed E-state index contributed by atoms with van der Waals surface area (Å²) in [6.07, 6.45) is 0. The fourth-order valence-corrected chi connectivity index (χ4v) is 3.86. The van der Waals surface area contributed by atoms with Gasteiger partial charge in [0.15, 0.2) is 0 Å². The van der Waals surface area contributed by atoms with Crippen LogP contribution in [0.2, 0.25) is 5.02 Å². The average molecular weight is 468 g/mol. The van der Waals surface area contributed by atoms with Gasteiger partial charge in [0.2, 0.25) is 10.0 Å². The van der Waals surface area contributed by atoms with Crippen LogP contribution >= 0.6 is 11.6 Å². The fourth-order valence-electron chi connectivity index (χ4n) is 3.22. The van der Waals surface area contributed by atoms with Crippen LogP contribution in [0, 0.1) is 0 Å². The zero-order chi connectivity index (χ0) is 22.9. The van der Waals surface area contributed by atoms with Gasteiger partial charge in [0.25, 0.3) is 0 Å². The lowest BCUT2D eigenvalue weighted by Gasteiger charge is -2.09. The summed E-state index contributed by atoms with van der Waals surface area (Å²) in [5.41, 5.74) is 4.18. The Hall–Kier alpha value is -3.46. The Kier molecular flexibility index (Phi) is 5.84. The Morgan fingerprint density at radius 2 is 1.53 bits per heavy atom. The summed E-state index contributed by atoms with van der Waals surface area (Å²) in [4.78, 5) is 11.8. The van der Waals surface area contributed by atoms with Crippen LogP contribution in [0.4, 0.5) is 0 Å². The molecule has 0 atom stereocenters. The number of carbonyl (C=O) groups is 1. The number of sulfonamides is 1. The maximum atomic E-state index is 11.8. The number of nitrogens with two attached hydrogens (primary N) is 1. The third-order valence-electron chi connectivity index (χ3n) is 4.86. The summed E-state index contributed by atoms with van der Waals surface area (Å²) in [6.45, 7) is 0. The highest BCUT2D eigenvalue weighted by Crippen LogP contribution is 2.30. The molecular formula is C23H18ClN3O4S. The molecule has 0 fully saturated rings. The first-order valence-electron chi connectivity index (χ1n) is 9.44. The molecular weight excluding hydrogens is 450 g/mol. The molecule has 1 heterocycles. The van der Waals surface area contributed by atoms with E-state index in [0.29, 0.717) is 22.0 Å². The molecule has 0 aliphatic carbocycles. The second kappa shape index (κ2) is 8.58. The van der Waals surface area contributed by atoms with Gasteiger partial charge in [0.1, 0.15) is 0 Å². The third kappa shape index (κ3) is 4.43. The lowest BCUT2D eigenvalue weighted by molar-refractivity contribution is 0.0600. The molecule has 4 rings (SSSR count). The molecule has 32 heavy (non-hydrogen) atoms. The zero-order valence-corrected chi connectivity index (χ0v) is 18.5. The van der Waals surface area contributed by atoms with Gasteiger partial charge in [-0.05, 0) is 54.6 Å². The molecule has 0 unspecified atom stereocenters. The van der Waals surface area contributed by atoms with Gasteiger partial charge in [-0.2, -0.15) is 5.10 Å². The van der Waals surface area contributed by atoms with E-state index < -0.39 is 16.0 Å². The molecule has 4 aromatic rings. The first-order chi connectivity index (χ1) is 15.3. The van der Waals surface area contributed by atoms with E-state index in [1.54, 1.807) is 53.2 Å². The monoisotopic (exact) mass is 467 g/mol. The van der Waals surface area contributed by atoms with E-state index in [-0.39, 0.29) is 4.90 Å². The number of esters is 1. The minimum atomic E-state index is -3.81. The maximum Gasteiger partial charge on any atom is 0.337 e. The predicted molar refractivity (Wildman–Crippen MR) is 122 cm³/mol. The van der Waals surface area contributed by atoms with E-state index in [1.165, 1.54) is 19.2 Å². The molecule has 2 N–H and O–H groups in total. The first-order valence-corrected chi connectivity index (χ1v) is 11.4. The van der Waals surface area contributed by atoms with Crippen LogP contribution in [-0.2, 0) is 14.8 Å². The van der Waals surface area contributed by atoms with Crippen molar-refractivity contribution in [3.63, 3.8) is 0 Å². The first kappa shape index (κ1) is 21.8. The Morgan fingerprint density at radius 3 is 2.09 bits per heavy atom. The number of benzene rings is 3. The van der Waals surface area contributed by atoms with Crippen LogP contribution in [-0.4, -0.2) is 31.3 Å². The number of halogens is 1. The Bertz CT molecular complexity index is 1380. The average Bonchev–Trinajstić information content (AvgIpc) is 3.24. The van der Waals surface area contributed by atoms with Crippen molar-refractivity contribution in [3.8, 4) is 28.2 Å². The zero-order valence-electron chi connectivity index (χ0n) is 16.9. The topological polar surface area (TPSA) is 104 Å². The lowest BCUT2D eigenvalue weighted by atomic mass is 10.1. The number of rotatable bonds is 5. The fraction of sp³-hybridized carbons (Fsp3) is 0.0435. The Labute approximate surface area is 190 Å². The van der Waals surface area contributed by atoms with E-state index in [0.717, 1.165) is 16.8 Å². The van der Waals surface area contributed by atoms with Crippen LogP contribution < -0.4 is 5.14 Å². The van der Waals surface area contributed by atoms with Crippen molar-refractivity contribution >= 4 is 27.6 Å². The molecule has 3 aromatic carbocycles. The normalized spacial score (nSPS) is 11.3. The van der Waals surface area contributed by atoms with E-state index in [2.05, 4.69) is 0 Å². The molecule has 162 valence electrons. The highest BCUT2D eigenvalue weighted by molar-refractivity contribution is 7.89. The van der Waals surface area contributed by atoms with Crippen LogP contribution in [0.5, 0.6) is 0 Å². The quantitative estimate of drug-likeness (QED) is 0.441. The van der Waals surface area contributed by atoms with Gasteiger partial charge in [-0.25, -0.2) is 23.0 Å². The van der Waals surface area contributed by atoms with Gasteiger partial charge < -0.3 is 4.74 Å². The summed E-state index contributed by atoms with van der Waals surface area (Å²) in [5, 5.41) is 10.5. The van der Waals surface area contributed by atoms with Crippen LogP contribution in [0.3, 0.4) is 0 Å². The SMILES string of the molecule is COC(=O)c1ccc(-c2cc(-c3ccc(Cl)cc3)nn2-c2ccc(S(N)(=O)=O)cc2)cc1. The molecule has 0 amide bonds. The molecule has 7 nitrogen and oxygen atoms in total. The van der Waals surface area contributed by atoms with Gasteiger partial charge in [0.05, 0.1) is 34.6 Å². The molecule has 0 radical (unpaired) electrons. The standard InChI is InChI=1S/C23H18ClN3O4S/c1-31-23(28)17-4-2-16(3-5-17)22-14-21(15-6-8-18(24)9-7-15)26-27(22)19-10-12-20(13-11-19)32(25,29)30/h2-14H,1H3,(H2,25,29,30). The summed E-state index contributed by atoms with van der Waals surface area (Å²) >= 11 is 6.01. The number of methoxy groups -OCH3 is 1.